The molecule has 0 aromatic carbocycles. The summed E-state index contributed by atoms with van der Waals surface area (Å²) in [6.45, 7) is 11.6. The van der Waals surface area contributed by atoms with Crippen LogP contribution in [-0.2, 0) is 0 Å². The first-order valence-electron chi connectivity index (χ1n) is 8.03. The average Bonchev–Trinajstić information content (AvgIpc) is 2.88. The van der Waals surface area contributed by atoms with E-state index in [-0.39, 0.29) is 0 Å². The summed E-state index contributed by atoms with van der Waals surface area (Å²) in [5.74, 6) is 1.64. The fraction of sp³-hybridized carbons (Fsp3) is 0.824. The molecular formula is C17H30N2S. The van der Waals surface area contributed by atoms with Gasteiger partial charge in [0.1, 0.15) is 5.01 Å². The molecule has 0 amide bonds. The molecule has 1 saturated carbocycles. The standard InChI is InChI=1S/C17H30N2S/c1-12(2)19-15(16-18-10-11-20-16)13-6-8-14(9-7-13)17(3,4)5/h10-15,19H,6-9H2,1-5H3. The van der Waals surface area contributed by atoms with Crippen LogP contribution in [0.3, 0.4) is 0 Å². The van der Waals surface area contributed by atoms with Gasteiger partial charge in [-0.2, -0.15) is 0 Å². The van der Waals surface area contributed by atoms with Gasteiger partial charge in [-0.15, -0.1) is 11.3 Å². The molecule has 1 fully saturated rings. The van der Waals surface area contributed by atoms with Crippen LogP contribution in [0, 0.1) is 17.3 Å². The van der Waals surface area contributed by atoms with Crippen molar-refractivity contribution in [3.63, 3.8) is 0 Å². The minimum absolute atomic E-state index is 0.455. The van der Waals surface area contributed by atoms with Crippen molar-refractivity contribution >= 4 is 11.3 Å². The van der Waals surface area contributed by atoms with Crippen LogP contribution in [0.4, 0.5) is 0 Å². The van der Waals surface area contributed by atoms with Gasteiger partial charge in [0.05, 0.1) is 6.04 Å². The molecular weight excluding hydrogens is 264 g/mol. The Bertz CT molecular complexity index is 384. The van der Waals surface area contributed by atoms with Crippen molar-refractivity contribution in [1.82, 2.24) is 10.3 Å². The summed E-state index contributed by atoms with van der Waals surface area (Å²) < 4.78 is 0. The van der Waals surface area contributed by atoms with Gasteiger partial charge in [0.2, 0.25) is 0 Å². The molecule has 1 atom stereocenters. The van der Waals surface area contributed by atoms with E-state index < -0.39 is 0 Å². The number of rotatable bonds is 4. The Balaban J connectivity index is 2.01. The van der Waals surface area contributed by atoms with E-state index >= 15 is 0 Å². The normalized spacial score (nSPS) is 25.9. The SMILES string of the molecule is CC(C)NC(c1nccs1)C1CCC(C(C)(C)C)CC1. The largest absolute Gasteiger partial charge is 0.305 e. The molecule has 1 aromatic heterocycles. The van der Waals surface area contributed by atoms with Crippen LogP contribution in [-0.4, -0.2) is 11.0 Å². The first-order valence-corrected chi connectivity index (χ1v) is 8.91. The predicted molar refractivity (Wildman–Crippen MR) is 88.0 cm³/mol. The number of hydrogen-bond donors (Lipinski definition) is 1. The summed E-state index contributed by atoms with van der Waals surface area (Å²) in [5, 5.41) is 7.13. The highest BCUT2D eigenvalue weighted by Gasteiger charge is 2.34. The second-order valence-corrected chi connectivity index (χ2v) is 8.57. The molecule has 20 heavy (non-hydrogen) atoms. The van der Waals surface area contributed by atoms with E-state index in [2.05, 4.69) is 50.3 Å². The smallest absolute Gasteiger partial charge is 0.110 e. The molecule has 1 aliphatic rings. The first kappa shape index (κ1) is 16.0. The lowest BCUT2D eigenvalue weighted by molar-refractivity contribution is 0.130. The zero-order valence-corrected chi connectivity index (χ0v) is 14.5. The van der Waals surface area contributed by atoms with Crippen LogP contribution < -0.4 is 5.32 Å². The van der Waals surface area contributed by atoms with E-state index in [0.717, 1.165) is 11.8 Å². The Kier molecular flexibility index (Phi) is 5.25. The maximum atomic E-state index is 4.57. The van der Waals surface area contributed by atoms with E-state index in [4.69, 9.17) is 0 Å². The van der Waals surface area contributed by atoms with Crippen LogP contribution in [0.2, 0.25) is 0 Å². The van der Waals surface area contributed by atoms with Crippen LogP contribution in [0.25, 0.3) is 0 Å². The van der Waals surface area contributed by atoms with Crippen molar-refractivity contribution in [3.8, 4) is 0 Å². The minimum atomic E-state index is 0.455. The average molecular weight is 295 g/mol. The number of aromatic nitrogens is 1. The number of hydrogen-bond acceptors (Lipinski definition) is 3. The molecule has 1 heterocycles. The lowest BCUT2D eigenvalue weighted by Gasteiger charge is -2.39. The lowest BCUT2D eigenvalue weighted by Crippen LogP contribution is -2.36. The summed E-state index contributed by atoms with van der Waals surface area (Å²) in [6, 6.07) is 0.972. The Labute approximate surface area is 128 Å². The number of nitrogens with one attached hydrogen (secondary N) is 1. The Hall–Kier alpha value is -0.410. The van der Waals surface area contributed by atoms with Crippen LogP contribution in [0.5, 0.6) is 0 Å². The Morgan fingerprint density at radius 3 is 2.30 bits per heavy atom. The minimum Gasteiger partial charge on any atom is -0.305 e. The third kappa shape index (κ3) is 4.05. The third-order valence-corrected chi connectivity index (χ3v) is 5.56. The quantitative estimate of drug-likeness (QED) is 0.842. The number of thiazole rings is 1. The van der Waals surface area contributed by atoms with Gasteiger partial charge in [0.15, 0.2) is 0 Å². The monoisotopic (exact) mass is 294 g/mol. The fourth-order valence-electron chi connectivity index (χ4n) is 3.47. The summed E-state index contributed by atoms with van der Waals surface area (Å²) in [4.78, 5) is 4.57. The van der Waals surface area contributed by atoms with Crippen molar-refractivity contribution in [1.29, 1.82) is 0 Å². The lowest BCUT2D eigenvalue weighted by atomic mass is 9.68. The Morgan fingerprint density at radius 1 is 1.20 bits per heavy atom. The summed E-state index contributed by atoms with van der Waals surface area (Å²) in [7, 11) is 0. The van der Waals surface area contributed by atoms with Crippen LogP contribution >= 0.6 is 11.3 Å². The highest BCUT2D eigenvalue weighted by Crippen LogP contribution is 2.43. The highest BCUT2D eigenvalue weighted by atomic mass is 32.1. The molecule has 1 N–H and O–H groups in total. The van der Waals surface area contributed by atoms with E-state index in [9.17, 15) is 0 Å². The zero-order valence-electron chi connectivity index (χ0n) is 13.6. The first-order chi connectivity index (χ1) is 9.38. The van der Waals surface area contributed by atoms with Crippen molar-refractivity contribution < 1.29 is 0 Å². The topological polar surface area (TPSA) is 24.9 Å². The van der Waals surface area contributed by atoms with Crippen molar-refractivity contribution in [2.45, 2.75) is 72.4 Å². The van der Waals surface area contributed by atoms with Gasteiger partial charge in [-0.25, -0.2) is 4.98 Å². The van der Waals surface area contributed by atoms with Crippen LogP contribution in [0.15, 0.2) is 11.6 Å². The molecule has 0 aliphatic heterocycles. The summed E-state index contributed by atoms with van der Waals surface area (Å²) in [6.07, 6.45) is 7.36. The molecule has 1 unspecified atom stereocenters. The third-order valence-electron chi connectivity index (χ3n) is 4.70. The molecule has 3 heteroatoms. The predicted octanol–water partition coefficient (Wildman–Crippen LogP) is 5.03. The van der Waals surface area contributed by atoms with Gasteiger partial charge in [0.25, 0.3) is 0 Å². The molecule has 0 bridgehead atoms. The van der Waals surface area contributed by atoms with Crippen molar-refractivity contribution in [2.75, 3.05) is 0 Å². The second-order valence-electron chi connectivity index (χ2n) is 7.65. The molecule has 114 valence electrons. The van der Waals surface area contributed by atoms with Gasteiger partial charge in [0, 0.05) is 17.6 Å². The fourth-order valence-corrected chi connectivity index (χ4v) is 4.26. The van der Waals surface area contributed by atoms with Gasteiger partial charge in [-0.05, 0) is 42.9 Å². The maximum absolute atomic E-state index is 4.57. The molecule has 0 saturated heterocycles. The van der Waals surface area contributed by atoms with Gasteiger partial charge >= 0.3 is 0 Å². The molecule has 0 spiro atoms. The van der Waals surface area contributed by atoms with Crippen LogP contribution in [0.1, 0.15) is 71.4 Å². The molecule has 0 radical (unpaired) electrons. The van der Waals surface area contributed by atoms with Gasteiger partial charge in [-0.1, -0.05) is 34.6 Å². The zero-order chi connectivity index (χ0) is 14.8. The summed E-state index contributed by atoms with van der Waals surface area (Å²) in [5.41, 5.74) is 0.465. The maximum Gasteiger partial charge on any atom is 0.110 e. The van der Waals surface area contributed by atoms with E-state index in [1.54, 1.807) is 11.3 Å². The second kappa shape index (κ2) is 6.57. The number of nitrogens with zero attached hydrogens (tertiary/aromatic N) is 1. The summed E-state index contributed by atoms with van der Waals surface area (Å²) >= 11 is 1.80. The van der Waals surface area contributed by atoms with Crippen molar-refractivity contribution in [3.05, 3.63) is 16.6 Å². The molecule has 2 nitrogen and oxygen atoms in total. The highest BCUT2D eigenvalue weighted by molar-refractivity contribution is 7.09. The van der Waals surface area contributed by atoms with E-state index in [1.807, 2.05) is 6.20 Å². The molecule has 2 rings (SSSR count). The van der Waals surface area contributed by atoms with E-state index in [1.165, 1.54) is 30.7 Å². The molecule has 1 aromatic rings. The van der Waals surface area contributed by atoms with Gasteiger partial charge in [-0.3, -0.25) is 0 Å². The van der Waals surface area contributed by atoms with Gasteiger partial charge < -0.3 is 5.32 Å². The van der Waals surface area contributed by atoms with E-state index in [0.29, 0.717) is 17.5 Å². The Morgan fingerprint density at radius 2 is 1.85 bits per heavy atom. The molecule has 1 aliphatic carbocycles. The van der Waals surface area contributed by atoms with Crippen molar-refractivity contribution in [2.24, 2.45) is 17.3 Å².